The number of rotatable bonds is 7. The molecule has 1 amide bonds. The highest BCUT2D eigenvalue weighted by atomic mass is 16.5. The number of benzene rings is 1. The summed E-state index contributed by atoms with van der Waals surface area (Å²) in [6, 6.07) is 7.83. The van der Waals surface area contributed by atoms with Crippen molar-refractivity contribution in [3.63, 3.8) is 0 Å². The lowest BCUT2D eigenvalue weighted by Crippen LogP contribution is -2.42. The Hall–Kier alpha value is -2.04. The minimum atomic E-state index is -0.421. The van der Waals surface area contributed by atoms with E-state index >= 15 is 0 Å². The zero-order valence-corrected chi connectivity index (χ0v) is 14.5. The van der Waals surface area contributed by atoms with Gasteiger partial charge in [0.05, 0.1) is 13.0 Å². The number of hydrogen-bond donors (Lipinski definition) is 1. The summed E-state index contributed by atoms with van der Waals surface area (Å²) in [6.45, 7) is 4.13. The Morgan fingerprint density at radius 3 is 2.71 bits per heavy atom. The third-order valence-electron chi connectivity index (χ3n) is 4.48. The van der Waals surface area contributed by atoms with Gasteiger partial charge in [0.15, 0.2) is 6.61 Å². The van der Waals surface area contributed by atoms with Gasteiger partial charge in [-0.15, -0.1) is 0 Å². The second-order valence-corrected chi connectivity index (χ2v) is 6.46. The maximum Gasteiger partial charge on any atom is 0.309 e. The predicted octanol–water partition coefficient (Wildman–Crippen LogP) is 3.00. The molecule has 0 aliphatic heterocycles. The van der Waals surface area contributed by atoms with Crippen molar-refractivity contribution in [1.82, 2.24) is 5.32 Å². The third kappa shape index (κ3) is 5.87. The molecule has 2 rings (SSSR count). The van der Waals surface area contributed by atoms with Crippen LogP contribution < -0.4 is 10.1 Å². The smallest absolute Gasteiger partial charge is 0.309 e. The van der Waals surface area contributed by atoms with Crippen LogP contribution in [0.5, 0.6) is 5.75 Å². The van der Waals surface area contributed by atoms with Crippen LogP contribution in [0.1, 0.15) is 44.6 Å². The van der Waals surface area contributed by atoms with Gasteiger partial charge >= 0.3 is 5.97 Å². The lowest BCUT2D eigenvalue weighted by atomic mass is 9.86. The highest BCUT2D eigenvalue weighted by Gasteiger charge is 2.23. The van der Waals surface area contributed by atoms with Crippen LogP contribution in [0.15, 0.2) is 24.3 Å². The zero-order valence-electron chi connectivity index (χ0n) is 14.5. The minimum absolute atomic E-state index is 0.126. The van der Waals surface area contributed by atoms with E-state index in [1.165, 1.54) is 6.42 Å². The number of esters is 1. The molecule has 5 nitrogen and oxygen atoms in total. The molecule has 5 heteroatoms. The topological polar surface area (TPSA) is 64.6 Å². The minimum Gasteiger partial charge on any atom is -0.493 e. The molecule has 1 aromatic rings. The quantitative estimate of drug-likeness (QED) is 0.779. The van der Waals surface area contributed by atoms with Crippen molar-refractivity contribution in [2.24, 2.45) is 5.92 Å². The van der Waals surface area contributed by atoms with Crippen LogP contribution in [-0.2, 0) is 14.3 Å². The molecular weight excluding hydrogens is 306 g/mol. The first-order valence-electron chi connectivity index (χ1n) is 8.69. The summed E-state index contributed by atoms with van der Waals surface area (Å²) in [5, 5.41) is 2.97. The monoisotopic (exact) mass is 333 g/mol. The van der Waals surface area contributed by atoms with Crippen LogP contribution in [0.4, 0.5) is 0 Å². The molecule has 2 atom stereocenters. The fraction of sp³-hybridized carbons (Fsp3) is 0.579. The summed E-state index contributed by atoms with van der Waals surface area (Å²) in [7, 11) is 0. The molecule has 0 spiro atoms. The summed E-state index contributed by atoms with van der Waals surface area (Å²) in [5.41, 5.74) is 1.02. The van der Waals surface area contributed by atoms with Gasteiger partial charge in [-0.2, -0.15) is 0 Å². The standard InChI is InChI=1S/C19H27NO4/c1-14-7-3-5-9-16(14)20-18(21)13-24-19(22)11-12-23-17-10-6-4-8-15(17)2/h4,6,8,10,14,16H,3,5,7,9,11-13H2,1-2H3,(H,20,21)/t14-,16+/m0/s1. The van der Waals surface area contributed by atoms with Crippen molar-refractivity contribution in [3.8, 4) is 5.75 Å². The zero-order chi connectivity index (χ0) is 17.4. The van der Waals surface area contributed by atoms with Crippen LogP contribution in [-0.4, -0.2) is 31.1 Å². The normalized spacial score (nSPS) is 20.2. The van der Waals surface area contributed by atoms with E-state index in [9.17, 15) is 9.59 Å². The molecular formula is C19H27NO4. The maximum atomic E-state index is 11.9. The molecule has 1 fully saturated rings. The molecule has 0 saturated heterocycles. The predicted molar refractivity (Wildman–Crippen MR) is 91.8 cm³/mol. The Morgan fingerprint density at radius 2 is 1.96 bits per heavy atom. The van der Waals surface area contributed by atoms with Gasteiger partial charge in [0.25, 0.3) is 5.91 Å². The van der Waals surface area contributed by atoms with E-state index in [1.54, 1.807) is 0 Å². The van der Waals surface area contributed by atoms with Gasteiger partial charge in [-0.1, -0.05) is 38.0 Å². The lowest BCUT2D eigenvalue weighted by molar-refractivity contribution is -0.149. The summed E-state index contributed by atoms with van der Waals surface area (Å²) in [5.74, 6) is 0.604. The van der Waals surface area contributed by atoms with Crippen LogP contribution in [0, 0.1) is 12.8 Å². The number of carbonyl (C=O) groups is 2. The average Bonchev–Trinajstić information content (AvgIpc) is 2.57. The lowest BCUT2D eigenvalue weighted by Gasteiger charge is -2.29. The Balaban J connectivity index is 1.62. The van der Waals surface area contributed by atoms with Crippen LogP contribution in [0.25, 0.3) is 0 Å². The SMILES string of the molecule is Cc1ccccc1OCCC(=O)OCC(=O)N[C@@H]1CCCC[C@@H]1C. The summed E-state index contributed by atoms with van der Waals surface area (Å²) >= 11 is 0. The molecule has 1 N–H and O–H groups in total. The van der Waals surface area contributed by atoms with E-state index in [2.05, 4.69) is 12.2 Å². The molecule has 1 saturated carbocycles. The third-order valence-corrected chi connectivity index (χ3v) is 4.48. The fourth-order valence-electron chi connectivity index (χ4n) is 2.96. The van der Waals surface area contributed by atoms with Crippen molar-refractivity contribution in [3.05, 3.63) is 29.8 Å². The van der Waals surface area contributed by atoms with E-state index in [-0.39, 0.29) is 31.6 Å². The molecule has 24 heavy (non-hydrogen) atoms. The number of amides is 1. The van der Waals surface area contributed by atoms with Crippen LogP contribution in [0.3, 0.4) is 0 Å². The van der Waals surface area contributed by atoms with Gasteiger partial charge in [-0.25, -0.2) is 0 Å². The molecule has 1 aliphatic carbocycles. The molecule has 0 heterocycles. The van der Waals surface area contributed by atoms with E-state index in [1.807, 2.05) is 31.2 Å². The van der Waals surface area contributed by atoms with E-state index in [0.717, 1.165) is 30.6 Å². The molecule has 1 aromatic carbocycles. The number of hydrogen-bond acceptors (Lipinski definition) is 4. The number of carbonyl (C=O) groups excluding carboxylic acids is 2. The second-order valence-electron chi connectivity index (χ2n) is 6.46. The summed E-state index contributed by atoms with van der Waals surface area (Å²) < 4.78 is 10.6. The van der Waals surface area contributed by atoms with Gasteiger partial charge in [0.2, 0.25) is 0 Å². The number of ether oxygens (including phenoxy) is 2. The van der Waals surface area contributed by atoms with E-state index in [0.29, 0.717) is 5.92 Å². The molecule has 0 unspecified atom stereocenters. The van der Waals surface area contributed by atoms with Crippen LogP contribution in [0.2, 0.25) is 0 Å². The molecule has 0 aromatic heterocycles. The highest BCUT2D eigenvalue weighted by molar-refractivity contribution is 5.80. The van der Waals surface area contributed by atoms with Crippen LogP contribution >= 0.6 is 0 Å². The van der Waals surface area contributed by atoms with Crippen molar-refractivity contribution >= 4 is 11.9 Å². The Kier molecular flexibility index (Phi) is 7.09. The van der Waals surface area contributed by atoms with E-state index < -0.39 is 5.97 Å². The number of aryl methyl sites for hydroxylation is 1. The molecule has 132 valence electrons. The largest absolute Gasteiger partial charge is 0.493 e. The summed E-state index contributed by atoms with van der Waals surface area (Å²) in [4.78, 5) is 23.6. The maximum absolute atomic E-state index is 11.9. The van der Waals surface area contributed by atoms with Crippen molar-refractivity contribution < 1.29 is 19.1 Å². The first-order valence-corrected chi connectivity index (χ1v) is 8.69. The van der Waals surface area contributed by atoms with Gasteiger partial charge < -0.3 is 14.8 Å². The number of nitrogens with one attached hydrogen (secondary N) is 1. The fourth-order valence-corrected chi connectivity index (χ4v) is 2.96. The summed E-state index contributed by atoms with van der Waals surface area (Å²) in [6.07, 6.45) is 4.64. The highest BCUT2D eigenvalue weighted by Crippen LogP contribution is 2.23. The van der Waals surface area contributed by atoms with Gasteiger partial charge in [-0.05, 0) is 37.3 Å². The Bertz CT molecular complexity index is 558. The number of para-hydroxylation sites is 1. The molecule has 1 aliphatic rings. The van der Waals surface area contributed by atoms with Crippen molar-refractivity contribution in [2.75, 3.05) is 13.2 Å². The van der Waals surface area contributed by atoms with Gasteiger partial charge in [0.1, 0.15) is 5.75 Å². The Labute approximate surface area is 143 Å². The average molecular weight is 333 g/mol. The van der Waals surface area contributed by atoms with E-state index in [4.69, 9.17) is 9.47 Å². The van der Waals surface area contributed by atoms with Crippen molar-refractivity contribution in [2.45, 2.75) is 52.0 Å². The van der Waals surface area contributed by atoms with Gasteiger partial charge in [-0.3, -0.25) is 9.59 Å². The van der Waals surface area contributed by atoms with Gasteiger partial charge in [0, 0.05) is 6.04 Å². The van der Waals surface area contributed by atoms with Crippen molar-refractivity contribution in [1.29, 1.82) is 0 Å². The first-order chi connectivity index (χ1) is 11.6. The molecule has 0 radical (unpaired) electrons. The second kappa shape index (κ2) is 9.30. The molecule has 0 bridgehead atoms. The Morgan fingerprint density at radius 1 is 1.21 bits per heavy atom. The first kappa shape index (κ1) is 18.3.